The van der Waals surface area contributed by atoms with Crippen LogP contribution in [0.2, 0.25) is 0 Å². The Morgan fingerprint density at radius 2 is 1.86 bits per heavy atom. The summed E-state index contributed by atoms with van der Waals surface area (Å²) < 4.78 is 4.65. The second kappa shape index (κ2) is 7.97. The lowest BCUT2D eigenvalue weighted by Gasteiger charge is -2.43. The van der Waals surface area contributed by atoms with Crippen LogP contribution in [0, 0.1) is 0 Å². The van der Waals surface area contributed by atoms with E-state index < -0.39 is 23.5 Å². The van der Waals surface area contributed by atoms with Crippen LogP contribution >= 0.6 is 0 Å². The van der Waals surface area contributed by atoms with E-state index >= 15 is 0 Å². The molecule has 120 valence electrons. The third-order valence-corrected chi connectivity index (χ3v) is 3.97. The number of imide groups is 1. The fourth-order valence-corrected chi connectivity index (χ4v) is 2.89. The summed E-state index contributed by atoms with van der Waals surface area (Å²) in [4.78, 5) is 35.9. The SMILES string of the molecule is CCOC(=O)NC(=O)CN(C)C1(CC(=O)O)CCCCC1. The Kier molecular flexibility index (Phi) is 6.61. The number of likely N-dealkylation sites (N-methyl/N-ethyl adjacent to an activating group) is 1. The number of nitrogens with one attached hydrogen (secondary N) is 1. The van der Waals surface area contributed by atoms with Gasteiger partial charge in [0.25, 0.3) is 0 Å². The molecule has 0 aliphatic heterocycles. The fraction of sp³-hybridized carbons (Fsp3) is 0.786. The summed E-state index contributed by atoms with van der Waals surface area (Å²) in [6.07, 6.45) is 3.74. The second-order valence-corrected chi connectivity index (χ2v) is 5.48. The Labute approximate surface area is 124 Å². The number of carboxylic acids is 1. The molecule has 0 unspecified atom stereocenters. The van der Waals surface area contributed by atoms with E-state index in [1.54, 1.807) is 18.9 Å². The van der Waals surface area contributed by atoms with Crippen LogP contribution in [0.4, 0.5) is 4.79 Å². The smallest absolute Gasteiger partial charge is 0.413 e. The van der Waals surface area contributed by atoms with Gasteiger partial charge in [0.2, 0.25) is 5.91 Å². The van der Waals surface area contributed by atoms with Crippen molar-refractivity contribution in [3.8, 4) is 0 Å². The number of ether oxygens (including phenoxy) is 1. The van der Waals surface area contributed by atoms with E-state index in [-0.39, 0.29) is 19.6 Å². The van der Waals surface area contributed by atoms with Crippen LogP contribution in [0.1, 0.15) is 45.4 Å². The first-order chi connectivity index (χ1) is 9.89. The average Bonchev–Trinajstić information content (AvgIpc) is 2.38. The molecule has 2 N–H and O–H groups in total. The molecule has 0 heterocycles. The van der Waals surface area contributed by atoms with Crippen molar-refractivity contribution in [3.63, 3.8) is 0 Å². The molecule has 21 heavy (non-hydrogen) atoms. The lowest BCUT2D eigenvalue weighted by atomic mass is 9.78. The number of aliphatic carboxylic acids is 1. The van der Waals surface area contributed by atoms with Gasteiger partial charge in [-0.3, -0.25) is 19.8 Å². The van der Waals surface area contributed by atoms with Crippen LogP contribution in [0.15, 0.2) is 0 Å². The Morgan fingerprint density at radius 3 is 2.38 bits per heavy atom. The lowest BCUT2D eigenvalue weighted by Crippen LogP contribution is -2.53. The van der Waals surface area contributed by atoms with Gasteiger partial charge in [-0.1, -0.05) is 19.3 Å². The van der Waals surface area contributed by atoms with Crippen molar-refractivity contribution in [2.75, 3.05) is 20.2 Å². The zero-order valence-corrected chi connectivity index (χ0v) is 12.7. The third-order valence-electron chi connectivity index (χ3n) is 3.97. The molecular weight excluding hydrogens is 276 g/mol. The quantitative estimate of drug-likeness (QED) is 0.769. The van der Waals surface area contributed by atoms with E-state index in [1.807, 2.05) is 0 Å². The van der Waals surface area contributed by atoms with Crippen molar-refractivity contribution in [1.29, 1.82) is 0 Å². The summed E-state index contributed by atoms with van der Waals surface area (Å²) in [5, 5.41) is 11.3. The molecule has 0 radical (unpaired) electrons. The normalized spacial score (nSPS) is 17.3. The highest BCUT2D eigenvalue weighted by Gasteiger charge is 2.38. The summed E-state index contributed by atoms with van der Waals surface area (Å²) >= 11 is 0. The van der Waals surface area contributed by atoms with Gasteiger partial charge in [0.15, 0.2) is 0 Å². The van der Waals surface area contributed by atoms with E-state index in [0.29, 0.717) is 0 Å². The molecule has 1 aliphatic carbocycles. The molecule has 0 atom stereocenters. The molecule has 2 amide bonds. The number of carboxylic acid groups (broad SMARTS) is 1. The monoisotopic (exact) mass is 300 g/mol. The number of hydrogen-bond acceptors (Lipinski definition) is 5. The van der Waals surface area contributed by atoms with E-state index in [1.165, 1.54) is 0 Å². The molecular formula is C14H24N2O5. The first-order valence-corrected chi connectivity index (χ1v) is 7.29. The number of alkyl carbamates (subject to hydrolysis) is 1. The largest absolute Gasteiger partial charge is 0.481 e. The van der Waals surface area contributed by atoms with Gasteiger partial charge in [-0.15, -0.1) is 0 Å². The number of rotatable bonds is 6. The molecule has 7 nitrogen and oxygen atoms in total. The average molecular weight is 300 g/mol. The number of hydrogen-bond donors (Lipinski definition) is 2. The maximum atomic E-state index is 11.8. The summed E-state index contributed by atoms with van der Waals surface area (Å²) in [5.41, 5.74) is -0.504. The van der Waals surface area contributed by atoms with Crippen LogP contribution in [0.3, 0.4) is 0 Å². The van der Waals surface area contributed by atoms with Crippen molar-refractivity contribution in [3.05, 3.63) is 0 Å². The van der Waals surface area contributed by atoms with Crippen molar-refractivity contribution in [1.82, 2.24) is 10.2 Å². The van der Waals surface area contributed by atoms with Crippen LogP contribution in [-0.4, -0.2) is 53.7 Å². The molecule has 0 aromatic carbocycles. The maximum absolute atomic E-state index is 11.8. The van der Waals surface area contributed by atoms with Gasteiger partial charge >= 0.3 is 12.1 Å². The molecule has 1 rings (SSSR count). The van der Waals surface area contributed by atoms with Crippen LogP contribution in [0.5, 0.6) is 0 Å². The summed E-state index contributed by atoms with van der Waals surface area (Å²) in [5.74, 6) is -1.35. The zero-order valence-electron chi connectivity index (χ0n) is 12.7. The van der Waals surface area contributed by atoms with Gasteiger partial charge < -0.3 is 9.84 Å². The Bertz CT molecular complexity index is 391. The van der Waals surface area contributed by atoms with Crippen LogP contribution in [-0.2, 0) is 14.3 Å². The molecule has 0 spiro atoms. The molecule has 0 bridgehead atoms. The van der Waals surface area contributed by atoms with E-state index in [0.717, 1.165) is 32.1 Å². The van der Waals surface area contributed by atoms with E-state index in [2.05, 4.69) is 10.1 Å². The summed E-state index contributed by atoms with van der Waals surface area (Å²) in [7, 11) is 1.74. The Balaban J connectivity index is 2.63. The minimum atomic E-state index is -0.866. The minimum absolute atomic E-state index is 0.0101. The second-order valence-electron chi connectivity index (χ2n) is 5.48. The third kappa shape index (κ3) is 5.34. The highest BCUT2D eigenvalue weighted by Crippen LogP contribution is 2.35. The first-order valence-electron chi connectivity index (χ1n) is 7.29. The van der Waals surface area contributed by atoms with Gasteiger partial charge in [0.05, 0.1) is 19.6 Å². The molecule has 0 aromatic heterocycles. The highest BCUT2D eigenvalue weighted by molar-refractivity contribution is 5.92. The fourth-order valence-electron chi connectivity index (χ4n) is 2.89. The Hall–Kier alpha value is -1.63. The van der Waals surface area contributed by atoms with Gasteiger partial charge in [-0.05, 0) is 26.8 Å². The molecule has 1 aliphatic rings. The summed E-state index contributed by atoms with van der Waals surface area (Å²) in [6, 6.07) is 0. The molecule has 0 aromatic rings. The number of nitrogens with zero attached hydrogens (tertiary/aromatic N) is 1. The first kappa shape index (κ1) is 17.4. The zero-order chi connectivity index (χ0) is 15.9. The van der Waals surface area contributed by atoms with Crippen molar-refractivity contribution in [2.24, 2.45) is 0 Å². The predicted molar refractivity (Wildman–Crippen MR) is 75.9 cm³/mol. The number of carbonyl (C=O) groups is 3. The number of amides is 2. The van der Waals surface area contributed by atoms with Crippen molar-refractivity contribution in [2.45, 2.75) is 51.0 Å². The predicted octanol–water partition coefficient (Wildman–Crippen LogP) is 1.37. The Morgan fingerprint density at radius 1 is 1.24 bits per heavy atom. The minimum Gasteiger partial charge on any atom is -0.481 e. The van der Waals surface area contributed by atoms with Crippen molar-refractivity contribution >= 4 is 18.0 Å². The van der Waals surface area contributed by atoms with Gasteiger partial charge in [0.1, 0.15) is 0 Å². The van der Waals surface area contributed by atoms with Crippen molar-refractivity contribution < 1.29 is 24.2 Å². The van der Waals surface area contributed by atoms with E-state index in [9.17, 15) is 14.4 Å². The van der Waals surface area contributed by atoms with Crippen LogP contribution in [0.25, 0.3) is 0 Å². The highest BCUT2D eigenvalue weighted by atomic mass is 16.5. The lowest BCUT2D eigenvalue weighted by molar-refractivity contribution is -0.142. The standard InChI is InChI=1S/C14H24N2O5/c1-3-21-13(20)15-11(17)10-16(2)14(9-12(18)19)7-5-4-6-8-14/h3-10H2,1-2H3,(H,18,19)(H,15,17,20). The van der Waals surface area contributed by atoms with Gasteiger partial charge in [-0.25, -0.2) is 4.79 Å². The summed E-state index contributed by atoms with van der Waals surface area (Å²) in [6.45, 7) is 1.82. The molecule has 0 saturated heterocycles. The molecule has 1 fully saturated rings. The topological polar surface area (TPSA) is 95.9 Å². The molecule has 1 saturated carbocycles. The van der Waals surface area contributed by atoms with Crippen LogP contribution < -0.4 is 5.32 Å². The van der Waals surface area contributed by atoms with Gasteiger partial charge in [0, 0.05) is 5.54 Å². The maximum Gasteiger partial charge on any atom is 0.413 e. The molecule has 7 heteroatoms. The van der Waals surface area contributed by atoms with Gasteiger partial charge in [-0.2, -0.15) is 0 Å². The van der Waals surface area contributed by atoms with E-state index in [4.69, 9.17) is 5.11 Å². The number of carbonyl (C=O) groups excluding carboxylic acids is 2.